The molecule has 0 amide bonds. The zero-order valence-electron chi connectivity index (χ0n) is 8.50. The maximum Gasteiger partial charge on any atom is 0.133 e. The second-order valence-corrected chi connectivity index (χ2v) is 4.09. The summed E-state index contributed by atoms with van der Waals surface area (Å²) in [7, 11) is 2.14. The van der Waals surface area contributed by atoms with Gasteiger partial charge in [-0.25, -0.2) is 0 Å². The quantitative estimate of drug-likeness (QED) is 0.593. The van der Waals surface area contributed by atoms with Crippen LogP contribution in [-0.4, -0.2) is 30.3 Å². The molecule has 1 heterocycles. The smallest absolute Gasteiger partial charge is 0.133 e. The number of carbonyl (C=O) groups is 1. The van der Waals surface area contributed by atoms with Crippen molar-refractivity contribution in [2.24, 2.45) is 11.8 Å². The molecular weight excluding hydrogens is 150 g/mol. The minimum atomic E-state index is 0.302. The van der Waals surface area contributed by atoms with E-state index in [9.17, 15) is 4.79 Å². The van der Waals surface area contributed by atoms with Crippen molar-refractivity contribution in [2.75, 3.05) is 13.6 Å². The monoisotopic (exact) mass is 169 g/mol. The van der Waals surface area contributed by atoms with E-state index in [2.05, 4.69) is 25.8 Å². The number of likely N-dealkylation sites (tertiary alicyclic amines) is 1. The third kappa shape index (κ3) is 1.69. The number of piperidine rings is 1. The molecule has 2 heteroatoms. The molecule has 0 aromatic carbocycles. The first kappa shape index (κ1) is 9.72. The van der Waals surface area contributed by atoms with Crippen LogP contribution in [0.25, 0.3) is 0 Å². The summed E-state index contributed by atoms with van der Waals surface area (Å²) < 4.78 is 0. The van der Waals surface area contributed by atoms with Gasteiger partial charge in [0.05, 0.1) is 0 Å². The molecule has 0 N–H and O–H groups in total. The van der Waals surface area contributed by atoms with Gasteiger partial charge in [-0.15, -0.1) is 0 Å². The number of carbonyl (C=O) groups excluding carboxylic acids is 1. The number of hydrogen-bond donors (Lipinski definition) is 0. The molecule has 1 saturated heterocycles. The van der Waals surface area contributed by atoms with Gasteiger partial charge >= 0.3 is 0 Å². The van der Waals surface area contributed by atoms with Gasteiger partial charge in [0.25, 0.3) is 0 Å². The van der Waals surface area contributed by atoms with Gasteiger partial charge in [0.1, 0.15) is 5.78 Å². The van der Waals surface area contributed by atoms with Crippen LogP contribution in [-0.2, 0) is 4.79 Å². The van der Waals surface area contributed by atoms with Gasteiger partial charge in [0.2, 0.25) is 0 Å². The Morgan fingerprint density at radius 2 is 2.00 bits per heavy atom. The van der Waals surface area contributed by atoms with Crippen molar-refractivity contribution in [1.82, 2.24) is 4.90 Å². The Bertz CT molecular complexity index is 179. The molecule has 1 aliphatic heterocycles. The summed E-state index contributed by atoms with van der Waals surface area (Å²) in [5.41, 5.74) is 0. The summed E-state index contributed by atoms with van der Waals surface area (Å²) >= 11 is 0. The fourth-order valence-corrected chi connectivity index (χ4v) is 2.12. The largest absolute Gasteiger partial charge is 0.303 e. The summed E-state index contributed by atoms with van der Waals surface area (Å²) in [6, 6.07) is 0.549. The summed E-state index contributed by atoms with van der Waals surface area (Å²) in [5, 5.41) is 0. The van der Waals surface area contributed by atoms with Crippen LogP contribution in [0.15, 0.2) is 0 Å². The number of Topliss-reactive ketones (excluding diaryl/α,β-unsaturated/α-hetero) is 1. The van der Waals surface area contributed by atoms with E-state index in [1.807, 2.05) is 0 Å². The van der Waals surface area contributed by atoms with Crippen molar-refractivity contribution in [3.05, 3.63) is 0 Å². The predicted molar refractivity (Wildman–Crippen MR) is 50.0 cm³/mol. The van der Waals surface area contributed by atoms with Gasteiger partial charge < -0.3 is 4.90 Å². The number of rotatable bonds is 1. The van der Waals surface area contributed by atoms with E-state index in [0.29, 0.717) is 23.7 Å². The van der Waals surface area contributed by atoms with Crippen LogP contribution < -0.4 is 0 Å². The van der Waals surface area contributed by atoms with Gasteiger partial charge in [0, 0.05) is 12.0 Å². The first-order valence-electron chi connectivity index (χ1n) is 4.74. The van der Waals surface area contributed by atoms with Crippen LogP contribution in [0, 0.1) is 11.8 Å². The van der Waals surface area contributed by atoms with E-state index >= 15 is 0 Å². The minimum absolute atomic E-state index is 0.302. The Hall–Kier alpha value is -0.370. The average molecular weight is 169 g/mol. The molecule has 0 aromatic heterocycles. The summed E-state index contributed by atoms with van der Waals surface area (Å²) in [5.74, 6) is 1.18. The highest BCUT2D eigenvalue weighted by atomic mass is 16.1. The lowest BCUT2D eigenvalue weighted by atomic mass is 9.80. The Labute approximate surface area is 74.9 Å². The van der Waals surface area contributed by atoms with Crippen LogP contribution in [0.1, 0.15) is 27.2 Å². The normalized spacial score (nSPS) is 38.2. The highest BCUT2D eigenvalue weighted by Crippen LogP contribution is 2.28. The van der Waals surface area contributed by atoms with Crippen molar-refractivity contribution in [3.8, 4) is 0 Å². The summed E-state index contributed by atoms with van der Waals surface area (Å²) in [6.07, 6.45) is 1.04. The molecule has 0 saturated carbocycles. The Balaban J connectivity index is 2.65. The first-order chi connectivity index (χ1) is 5.54. The zero-order valence-corrected chi connectivity index (χ0v) is 8.50. The van der Waals surface area contributed by atoms with Crippen LogP contribution >= 0.6 is 0 Å². The van der Waals surface area contributed by atoms with E-state index in [1.165, 1.54) is 0 Å². The molecule has 0 aromatic rings. The molecule has 0 radical (unpaired) electrons. The molecule has 2 nitrogen and oxygen atoms in total. The fraction of sp³-hybridized carbons (Fsp3) is 0.900. The van der Waals surface area contributed by atoms with Crippen molar-refractivity contribution >= 4 is 5.78 Å². The summed E-state index contributed by atoms with van der Waals surface area (Å²) in [4.78, 5) is 13.6. The van der Waals surface area contributed by atoms with Crippen molar-refractivity contribution in [2.45, 2.75) is 33.2 Å². The molecule has 70 valence electrons. The van der Waals surface area contributed by atoms with Crippen LogP contribution in [0.5, 0.6) is 0 Å². The molecule has 1 fully saturated rings. The van der Waals surface area contributed by atoms with Crippen molar-refractivity contribution < 1.29 is 4.79 Å². The van der Waals surface area contributed by atoms with Gasteiger partial charge in [0.15, 0.2) is 0 Å². The lowest BCUT2D eigenvalue weighted by Crippen LogP contribution is -2.45. The lowest BCUT2D eigenvalue weighted by Gasteiger charge is -2.39. The first-order valence-corrected chi connectivity index (χ1v) is 4.74. The van der Waals surface area contributed by atoms with E-state index in [-0.39, 0.29) is 0 Å². The Morgan fingerprint density at radius 3 is 2.50 bits per heavy atom. The third-order valence-corrected chi connectivity index (χ3v) is 3.41. The Kier molecular flexibility index (Phi) is 2.89. The number of ketones is 1. The van der Waals surface area contributed by atoms with E-state index in [4.69, 9.17) is 0 Å². The molecule has 1 rings (SSSR count). The molecule has 0 aliphatic carbocycles. The number of nitrogens with zero attached hydrogens (tertiary/aromatic N) is 1. The molecule has 0 bridgehead atoms. The second-order valence-electron chi connectivity index (χ2n) is 4.09. The molecule has 0 spiro atoms. The molecule has 1 aliphatic rings. The van der Waals surface area contributed by atoms with E-state index in [1.54, 1.807) is 6.92 Å². The lowest BCUT2D eigenvalue weighted by molar-refractivity contribution is -0.124. The SMILES string of the molecule is CC(=O)C1CCN(C)C(C)C1C. The minimum Gasteiger partial charge on any atom is -0.303 e. The number of hydrogen-bond acceptors (Lipinski definition) is 2. The maximum absolute atomic E-state index is 11.2. The Morgan fingerprint density at radius 1 is 1.42 bits per heavy atom. The van der Waals surface area contributed by atoms with Crippen molar-refractivity contribution in [3.63, 3.8) is 0 Å². The average Bonchev–Trinajstić information content (AvgIpc) is 2.00. The van der Waals surface area contributed by atoms with E-state index < -0.39 is 0 Å². The molecular formula is C10H19NO. The van der Waals surface area contributed by atoms with Crippen LogP contribution in [0.2, 0.25) is 0 Å². The van der Waals surface area contributed by atoms with Gasteiger partial charge in [-0.1, -0.05) is 6.92 Å². The maximum atomic E-state index is 11.2. The highest BCUT2D eigenvalue weighted by Gasteiger charge is 2.32. The molecule has 3 unspecified atom stereocenters. The summed E-state index contributed by atoms with van der Waals surface area (Å²) in [6.45, 7) is 7.18. The standard InChI is InChI=1S/C10H19NO/c1-7-8(2)11(4)6-5-10(7)9(3)12/h7-8,10H,5-6H2,1-4H3. The zero-order chi connectivity index (χ0) is 9.30. The van der Waals surface area contributed by atoms with Crippen LogP contribution in [0.3, 0.4) is 0 Å². The topological polar surface area (TPSA) is 20.3 Å². The van der Waals surface area contributed by atoms with E-state index in [0.717, 1.165) is 13.0 Å². The van der Waals surface area contributed by atoms with Crippen molar-refractivity contribution in [1.29, 1.82) is 0 Å². The third-order valence-electron chi connectivity index (χ3n) is 3.41. The van der Waals surface area contributed by atoms with Gasteiger partial charge in [-0.2, -0.15) is 0 Å². The second kappa shape index (κ2) is 3.56. The highest BCUT2D eigenvalue weighted by molar-refractivity contribution is 5.78. The molecule has 3 atom stereocenters. The van der Waals surface area contributed by atoms with Gasteiger partial charge in [-0.05, 0) is 39.8 Å². The fourth-order valence-electron chi connectivity index (χ4n) is 2.12. The predicted octanol–water partition coefficient (Wildman–Crippen LogP) is 1.55. The molecule has 12 heavy (non-hydrogen) atoms. The van der Waals surface area contributed by atoms with Gasteiger partial charge in [-0.3, -0.25) is 4.79 Å². The van der Waals surface area contributed by atoms with Crippen LogP contribution in [0.4, 0.5) is 0 Å².